The number of esters is 1. The predicted molar refractivity (Wildman–Crippen MR) is 117 cm³/mol. The molecule has 1 N–H and O–H groups in total. The van der Waals surface area contributed by atoms with Crippen LogP contribution in [0.25, 0.3) is 16.8 Å². The molecule has 0 aliphatic carbocycles. The van der Waals surface area contributed by atoms with Gasteiger partial charge < -0.3 is 19.5 Å². The van der Waals surface area contributed by atoms with Gasteiger partial charge in [0.2, 0.25) is 0 Å². The number of halogens is 2. The fourth-order valence-corrected chi connectivity index (χ4v) is 2.92. The summed E-state index contributed by atoms with van der Waals surface area (Å²) in [7, 11) is 1.31. The average molecular weight is 441 g/mol. The Morgan fingerprint density at radius 3 is 2.44 bits per heavy atom. The molecule has 0 aromatic heterocycles. The van der Waals surface area contributed by atoms with Gasteiger partial charge in [-0.1, -0.05) is 36.4 Å². The first kappa shape index (κ1) is 22.7. The van der Waals surface area contributed by atoms with Gasteiger partial charge in [-0.3, -0.25) is 4.79 Å². The lowest BCUT2D eigenvalue weighted by Gasteiger charge is -2.13. The lowest BCUT2D eigenvalue weighted by Crippen LogP contribution is -2.29. The molecular weight excluding hydrogens is 420 g/mol. The first-order chi connectivity index (χ1) is 15.4. The molecule has 0 radical (unpaired) electrons. The Bertz CT molecular complexity index is 1150. The topological polar surface area (TPSA) is 73.9 Å². The molecule has 0 fully saturated rings. The van der Waals surface area contributed by atoms with Crippen molar-refractivity contribution in [3.63, 3.8) is 0 Å². The number of alkyl halides is 2. The summed E-state index contributed by atoms with van der Waals surface area (Å²) in [6, 6.07) is 17.4. The fourth-order valence-electron chi connectivity index (χ4n) is 2.92. The second-order valence-corrected chi connectivity index (χ2v) is 6.75. The molecule has 0 saturated carbocycles. The van der Waals surface area contributed by atoms with Crippen molar-refractivity contribution in [1.82, 2.24) is 0 Å². The number of carbonyl (C=O) groups excluding carboxylic acids is 2. The summed E-state index contributed by atoms with van der Waals surface area (Å²) in [5, 5.41) is 4.73. The number of nitrogens with one attached hydrogen (secondary N) is 1. The molecular formula is C24H21F2NO5. The maximum atomic E-state index is 12.4. The number of rotatable bonds is 8. The van der Waals surface area contributed by atoms with Gasteiger partial charge in [0.1, 0.15) is 0 Å². The molecule has 3 aromatic carbocycles. The van der Waals surface area contributed by atoms with E-state index in [0.29, 0.717) is 11.3 Å². The van der Waals surface area contributed by atoms with Crippen LogP contribution >= 0.6 is 0 Å². The van der Waals surface area contributed by atoms with Gasteiger partial charge in [0, 0.05) is 11.8 Å². The van der Waals surface area contributed by atoms with Crippen molar-refractivity contribution in [2.45, 2.75) is 19.6 Å². The van der Waals surface area contributed by atoms with E-state index in [4.69, 9.17) is 9.47 Å². The Morgan fingerprint density at radius 1 is 0.969 bits per heavy atom. The van der Waals surface area contributed by atoms with Gasteiger partial charge >= 0.3 is 12.6 Å². The molecule has 166 valence electrons. The minimum Gasteiger partial charge on any atom is -0.493 e. The highest BCUT2D eigenvalue weighted by molar-refractivity contribution is 5.98. The molecule has 3 aromatic rings. The first-order valence-electron chi connectivity index (χ1n) is 9.67. The van der Waals surface area contributed by atoms with Crippen molar-refractivity contribution < 1.29 is 32.6 Å². The Morgan fingerprint density at radius 2 is 1.72 bits per heavy atom. The zero-order valence-electron chi connectivity index (χ0n) is 17.4. The maximum absolute atomic E-state index is 12.4. The highest BCUT2D eigenvalue weighted by atomic mass is 19.3. The molecule has 0 spiro atoms. The summed E-state index contributed by atoms with van der Waals surface area (Å²) in [6.07, 6.45) is 1.50. The van der Waals surface area contributed by atoms with Gasteiger partial charge in [-0.05, 0) is 53.6 Å². The highest BCUT2D eigenvalue weighted by Crippen LogP contribution is 2.29. The molecule has 0 bridgehead atoms. The van der Waals surface area contributed by atoms with E-state index in [2.05, 4.69) is 10.1 Å². The van der Waals surface area contributed by atoms with E-state index in [1.165, 1.54) is 38.3 Å². The Hall–Kier alpha value is -3.94. The molecule has 6 nitrogen and oxygen atoms in total. The third-order valence-corrected chi connectivity index (χ3v) is 4.49. The lowest BCUT2D eigenvalue weighted by molar-refractivity contribution is -0.148. The van der Waals surface area contributed by atoms with E-state index in [1.54, 1.807) is 6.07 Å². The number of ether oxygens (including phenoxy) is 3. The maximum Gasteiger partial charge on any atom is 0.387 e. The van der Waals surface area contributed by atoms with Crippen molar-refractivity contribution in [3.05, 3.63) is 72.3 Å². The fraction of sp³-hybridized carbons (Fsp3) is 0.167. The molecule has 1 amide bonds. The molecule has 0 heterocycles. The molecule has 3 rings (SSSR count). The average Bonchev–Trinajstić information content (AvgIpc) is 2.77. The number of fused-ring (bicyclic) bond motifs is 1. The molecule has 1 atom stereocenters. The summed E-state index contributed by atoms with van der Waals surface area (Å²) in [6.45, 7) is -1.52. The van der Waals surface area contributed by atoms with Gasteiger partial charge in [0.05, 0.1) is 7.11 Å². The zero-order valence-corrected chi connectivity index (χ0v) is 17.4. The molecule has 8 heteroatoms. The van der Waals surface area contributed by atoms with Gasteiger partial charge in [0.25, 0.3) is 5.91 Å². The summed E-state index contributed by atoms with van der Waals surface area (Å²) in [5.41, 5.74) is 1.08. The SMILES string of the molecule is COc1cc(/C=C/C(=O)O[C@H](C)C(=O)Nc2ccc3ccccc3c2)ccc1OC(F)F. The second kappa shape index (κ2) is 10.4. The van der Waals surface area contributed by atoms with E-state index >= 15 is 0 Å². The zero-order chi connectivity index (χ0) is 23.1. The molecule has 0 aliphatic heterocycles. The standard InChI is InChI=1S/C24H21F2NO5/c1-15(23(29)27-19-10-9-17-5-3-4-6-18(17)14-19)31-22(28)12-8-16-7-11-20(32-24(25)26)21(13-16)30-2/h3-15,24H,1-2H3,(H,27,29)/b12-8+/t15-/m1/s1. The number of amides is 1. The second-order valence-electron chi connectivity index (χ2n) is 6.75. The normalized spacial score (nSPS) is 12.0. The third kappa shape index (κ3) is 6.04. The van der Waals surface area contributed by atoms with Crippen LogP contribution in [0.1, 0.15) is 12.5 Å². The van der Waals surface area contributed by atoms with Crippen molar-refractivity contribution in [2.75, 3.05) is 12.4 Å². The molecule has 0 saturated heterocycles. The summed E-state index contributed by atoms with van der Waals surface area (Å²) >= 11 is 0. The van der Waals surface area contributed by atoms with Crippen LogP contribution in [-0.4, -0.2) is 31.7 Å². The quantitative estimate of drug-likeness (QED) is 0.392. The van der Waals surface area contributed by atoms with Gasteiger partial charge in [-0.2, -0.15) is 8.78 Å². The molecule has 32 heavy (non-hydrogen) atoms. The number of anilines is 1. The van der Waals surface area contributed by atoms with E-state index in [1.807, 2.05) is 36.4 Å². The predicted octanol–water partition coefficient (Wildman–Crippen LogP) is 5.03. The van der Waals surface area contributed by atoms with Crippen LogP contribution < -0.4 is 14.8 Å². The van der Waals surface area contributed by atoms with E-state index in [-0.39, 0.29) is 11.5 Å². The largest absolute Gasteiger partial charge is 0.493 e. The van der Waals surface area contributed by atoms with E-state index in [9.17, 15) is 18.4 Å². The number of methoxy groups -OCH3 is 1. The summed E-state index contributed by atoms with van der Waals surface area (Å²) < 4.78 is 39.3. The summed E-state index contributed by atoms with van der Waals surface area (Å²) in [4.78, 5) is 24.4. The number of carbonyl (C=O) groups is 2. The van der Waals surface area contributed by atoms with Crippen LogP contribution in [0.3, 0.4) is 0 Å². The molecule has 0 aliphatic rings. The highest BCUT2D eigenvalue weighted by Gasteiger charge is 2.17. The third-order valence-electron chi connectivity index (χ3n) is 4.49. The minimum atomic E-state index is -2.98. The van der Waals surface area contributed by atoms with Crippen LogP contribution in [0.2, 0.25) is 0 Å². The van der Waals surface area contributed by atoms with Gasteiger partial charge in [-0.25, -0.2) is 4.79 Å². The van der Waals surface area contributed by atoms with Gasteiger partial charge in [-0.15, -0.1) is 0 Å². The number of hydrogen-bond donors (Lipinski definition) is 1. The first-order valence-corrected chi connectivity index (χ1v) is 9.67. The van der Waals surface area contributed by atoms with E-state index in [0.717, 1.165) is 16.8 Å². The van der Waals surface area contributed by atoms with Gasteiger partial charge in [0.15, 0.2) is 17.6 Å². The van der Waals surface area contributed by atoms with Crippen LogP contribution in [0.5, 0.6) is 11.5 Å². The van der Waals surface area contributed by atoms with Crippen LogP contribution in [0, 0.1) is 0 Å². The van der Waals surface area contributed by atoms with Crippen molar-refractivity contribution in [3.8, 4) is 11.5 Å². The summed E-state index contributed by atoms with van der Waals surface area (Å²) in [5.74, 6) is -1.25. The van der Waals surface area contributed by atoms with Crippen LogP contribution in [0.15, 0.2) is 66.7 Å². The van der Waals surface area contributed by atoms with Crippen molar-refractivity contribution in [1.29, 1.82) is 0 Å². The lowest BCUT2D eigenvalue weighted by atomic mass is 10.1. The number of benzene rings is 3. The van der Waals surface area contributed by atoms with Crippen LogP contribution in [-0.2, 0) is 14.3 Å². The smallest absolute Gasteiger partial charge is 0.387 e. The van der Waals surface area contributed by atoms with Crippen LogP contribution in [0.4, 0.5) is 14.5 Å². The van der Waals surface area contributed by atoms with E-state index < -0.39 is 24.6 Å². The number of hydrogen-bond acceptors (Lipinski definition) is 5. The Kier molecular flexibility index (Phi) is 7.38. The monoisotopic (exact) mass is 441 g/mol. The Balaban J connectivity index is 1.58. The molecule has 0 unspecified atom stereocenters. The minimum absolute atomic E-state index is 0.0870. The van der Waals surface area contributed by atoms with Crippen molar-refractivity contribution >= 4 is 34.4 Å². The van der Waals surface area contributed by atoms with Crippen molar-refractivity contribution in [2.24, 2.45) is 0 Å². The Labute approximate surface area is 183 Å².